The van der Waals surface area contributed by atoms with Gasteiger partial charge in [-0.3, -0.25) is 4.79 Å². The molecule has 1 atom stereocenters. The maximum atomic E-state index is 11.4. The normalized spacial score (nSPS) is 12.3. The van der Waals surface area contributed by atoms with E-state index in [1.54, 1.807) is 0 Å². The second-order valence-electron chi connectivity index (χ2n) is 4.19. The van der Waals surface area contributed by atoms with E-state index in [1.165, 1.54) is 5.39 Å². The Labute approximate surface area is 105 Å². The lowest BCUT2D eigenvalue weighted by Crippen LogP contribution is -2.42. The second kappa shape index (κ2) is 5.62. The lowest BCUT2D eigenvalue weighted by molar-refractivity contribution is -0.123. The molecule has 0 aliphatic rings. The Balaban J connectivity index is 2.06. The van der Waals surface area contributed by atoms with Gasteiger partial charge in [0, 0.05) is 6.54 Å². The highest BCUT2D eigenvalue weighted by Gasteiger charge is 2.10. The quantitative estimate of drug-likeness (QED) is 0.743. The molecule has 4 N–H and O–H groups in total. The van der Waals surface area contributed by atoms with Crippen molar-refractivity contribution in [3.8, 4) is 0 Å². The van der Waals surface area contributed by atoms with Crippen LogP contribution in [0.4, 0.5) is 0 Å². The molecule has 0 heterocycles. The minimum absolute atomic E-state index is 0.342. The van der Waals surface area contributed by atoms with Gasteiger partial charge in [0.25, 0.3) is 0 Å². The van der Waals surface area contributed by atoms with Gasteiger partial charge in [-0.05, 0) is 22.4 Å². The van der Waals surface area contributed by atoms with Crippen LogP contribution in [0.3, 0.4) is 0 Å². The fourth-order valence-corrected chi connectivity index (χ4v) is 1.75. The molecule has 0 spiro atoms. The number of rotatable bonds is 4. The molecule has 94 valence electrons. The molecule has 18 heavy (non-hydrogen) atoms. The van der Waals surface area contributed by atoms with E-state index in [2.05, 4.69) is 5.32 Å². The zero-order valence-electron chi connectivity index (χ0n) is 9.97. The Morgan fingerprint density at radius 3 is 2.67 bits per heavy atom. The molecule has 0 saturated heterocycles. The average Bonchev–Trinajstić information content (AvgIpc) is 2.43. The van der Waals surface area contributed by atoms with Crippen LogP contribution in [0.25, 0.3) is 10.8 Å². The third kappa shape index (κ3) is 2.85. The van der Waals surface area contributed by atoms with Gasteiger partial charge >= 0.3 is 0 Å². The Hall–Kier alpha value is -1.91. The van der Waals surface area contributed by atoms with E-state index >= 15 is 0 Å². The Morgan fingerprint density at radius 1 is 1.22 bits per heavy atom. The molecule has 0 saturated carbocycles. The van der Waals surface area contributed by atoms with Gasteiger partial charge in [-0.1, -0.05) is 36.4 Å². The fourth-order valence-electron chi connectivity index (χ4n) is 1.75. The molecule has 2 rings (SSSR count). The third-order valence-electron chi connectivity index (χ3n) is 2.81. The van der Waals surface area contributed by atoms with Gasteiger partial charge < -0.3 is 16.2 Å². The Morgan fingerprint density at radius 2 is 1.94 bits per heavy atom. The predicted molar refractivity (Wildman–Crippen MR) is 70.9 cm³/mol. The number of carbonyl (C=O) groups excluding carboxylic acids is 1. The molecule has 4 nitrogen and oxygen atoms in total. The van der Waals surface area contributed by atoms with E-state index in [-0.39, 0.29) is 12.5 Å². The number of amides is 1. The third-order valence-corrected chi connectivity index (χ3v) is 2.81. The fraction of sp³-hybridized carbons (Fsp3) is 0.214. The summed E-state index contributed by atoms with van der Waals surface area (Å²) in [5.41, 5.74) is 6.42. The summed E-state index contributed by atoms with van der Waals surface area (Å²) in [5.74, 6) is -0.342. The van der Waals surface area contributed by atoms with E-state index in [4.69, 9.17) is 10.8 Å². The average molecular weight is 244 g/mol. The highest BCUT2D eigenvalue weighted by molar-refractivity contribution is 5.84. The first-order valence-electron chi connectivity index (χ1n) is 5.82. The second-order valence-corrected chi connectivity index (χ2v) is 4.19. The number of nitrogens with one attached hydrogen (secondary N) is 1. The highest BCUT2D eigenvalue weighted by atomic mass is 16.3. The van der Waals surface area contributed by atoms with E-state index in [9.17, 15) is 4.79 Å². The van der Waals surface area contributed by atoms with E-state index in [0.717, 1.165) is 10.9 Å². The number of hydrogen-bond donors (Lipinski definition) is 3. The number of aliphatic hydroxyl groups excluding tert-OH is 1. The van der Waals surface area contributed by atoms with Crippen LogP contribution in [0.2, 0.25) is 0 Å². The zero-order valence-corrected chi connectivity index (χ0v) is 9.97. The van der Waals surface area contributed by atoms with Gasteiger partial charge in [0.2, 0.25) is 5.91 Å². The van der Waals surface area contributed by atoms with Gasteiger partial charge in [-0.15, -0.1) is 0 Å². The van der Waals surface area contributed by atoms with E-state index < -0.39 is 6.04 Å². The molecule has 2 aromatic rings. The number of fused-ring (bicyclic) bond motifs is 1. The van der Waals surface area contributed by atoms with Crippen molar-refractivity contribution in [1.82, 2.24) is 5.32 Å². The molecule has 1 amide bonds. The molecule has 4 heteroatoms. The molecular formula is C14H16N2O2. The first-order valence-corrected chi connectivity index (χ1v) is 5.82. The molecule has 0 fully saturated rings. The van der Waals surface area contributed by atoms with Crippen LogP contribution in [0.1, 0.15) is 5.56 Å². The zero-order chi connectivity index (χ0) is 13.0. The maximum Gasteiger partial charge on any atom is 0.239 e. The summed E-state index contributed by atoms with van der Waals surface area (Å²) in [6.45, 7) is 0.0704. The van der Waals surface area contributed by atoms with Gasteiger partial charge in [0.05, 0.1) is 6.61 Å². The van der Waals surface area contributed by atoms with Gasteiger partial charge in [-0.25, -0.2) is 0 Å². The molecule has 0 aliphatic heterocycles. The van der Waals surface area contributed by atoms with Gasteiger partial charge in [0.1, 0.15) is 6.04 Å². The molecule has 2 aromatic carbocycles. The van der Waals surface area contributed by atoms with Crippen LogP contribution < -0.4 is 11.1 Å². The summed E-state index contributed by atoms with van der Waals surface area (Å²) >= 11 is 0. The first kappa shape index (κ1) is 12.5. The summed E-state index contributed by atoms with van der Waals surface area (Å²) in [5, 5.41) is 13.7. The number of nitrogens with two attached hydrogens (primary N) is 1. The lowest BCUT2D eigenvalue weighted by atomic mass is 10.1. The van der Waals surface area contributed by atoms with Crippen LogP contribution in [0.5, 0.6) is 0 Å². The van der Waals surface area contributed by atoms with Crippen molar-refractivity contribution in [3.05, 3.63) is 48.0 Å². The predicted octanol–water partition coefficient (Wildman–Crippen LogP) is 0.776. The molecular weight excluding hydrogens is 228 g/mol. The Kier molecular flexibility index (Phi) is 3.92. The largest absolute Gasteiger partial charge is 0.394 e. The minimum atomic E-state index is -0.856. The van der Waals surface area contributed by atoms with Gasteiger partial charge in [0.15, 0.2) is 0 Å². The number of benzene rings is 2. The van der Waals surface area contributed by atoms with Crippen molar-refractivity contribution >= 4 is 16.7 Å². The SMILES string of the molecule is NC(CO)C(=O)NCc1ccc2ccccc2c1. The topological polar surface area (TPSA) is 75.3 Å². The summed E-state index contributed by atoms with van der Waals surface area (Å²) in [7, 11) is 0. The van der Waals surface area contributed by atoms with Crippen LogP contribution in [0.15, 0.2) is 42.5 Å². The van der Waals surface area contributed by atoms with Crippen molar-refractivity contribution in [3.63, 3.8) is 0 Å². The van der Waals surface area contributed by atoms with E-state index in [1.807, 2.05) is 42.5 Å². The van der Waals surface area contributed by atoms with Crippen LogP contribution in [0, 0.1) is 0 Å². The summed E-state index contributed by atoms with van der Waals surface area (Å²) in [6.07, 6.45) is 0. The summed E-state index contributed by atoms with van der Waals surface area (Å²) in [6, 6.07) is 13.2. The lowest BCUT2D eigenvalue weighted by Gasteiger charge is -2.10. The standard InChI is InChI=1S/C14H16N2O2/c15-13(9-17)14(18)16-8-10-5-6-11-3-1-2-4-12(11)7-10/h1-7,13,17H,8-9,15H2,(H,16,18). The van der Waals surface area contributed by atoms with Crippen molar-refractivity contribution in [1.29, 1.82) is 0 Å². The molecule has 0 aliphatic carbocycles. The van der Waals surface area contributed by atoms with Crippen molar-refractivity contribution in [2.75, 3.05) is 6.61 Å². The number of carbonyl (C=O) groups is 1. The van der Waals surface area contributed by atoms with Crippen molar-refractivity contribution in [2.24, 2.45) is 5.73 Å². The van der Waals surface area contributed by atoms with Gasteiger partial charge in [-0.2, -0.15) is 0 Å². The summed E-state index contributed by atoms with van der Waals surface area (Å²) < 4.78 is 0. The van der Waals surface area contributed by atoms with E-state index in [0.29, 0.717) is 6.54 Å². The Bertz CT molecular complexity index is 554. The minimum Gasteiger partial charge on any atom is -0.394 e. The smallest absolute Gasteiger partial charge is 0.239 e. The van der Waals surface area contributed by atoms with Crippen LogP contribution in [-0.4, -0.2) is 23.7 Å². The number of hydrogen-bond acceptors (Lipinski definition) is 3. The molecule has 1 unspecified atom stereocenters. The molecule has 0 radical (unpaired) electrons. The highest BCUT2D eigenvalue weighted by Crippen LogP contribution is 2.15. The van der Waals surface area contributed by atoms with Crippen LogP contribution in [-0.2, 0) is 11.3 Å². The summed E-state index contributed by atoms with van der Waals surface area (Å²) in [4.78, 5) is 11.4. The van der Waals surface area contributed by atoms with Crippen molar-refractivity contribution < 1.29 is 9.90 Å². The maximum absolute atomic E-state index is 11.4. The van der Waals surface area contributed by atoms with Crippen LogP contribution >= 0.6 is 0 Å². The van der Waals surface area contributed by atoms with Crippen molar-refractivity contribution in [2.45, 2.75) is 12.6 Å². The molecule has 0 bridgehead atoms. The monoisotopic (exact) mass is 244 g/mol. The molecule has 0 aromatic heterocycles. The first-order chi connectivity index (χ1) is 8.70. The number of aliphatic hydroxyl groups is 1.